The van der Waals surface area contributed by atoms with Crippen molar-refractivity contribution >= 4 is 29.1 Å². The van der Waals surface area contributed by atoms with Crippen LogP contribution < -0.4 is 5.32 Å². The van der Waals surface area contributed by atoms with Gasteiger partial charge >= 0.3 is 0 Å². The molecule has 0 unspecified atom stereocenters. The summed E-state index contributed by atoms with van der Waals surface area (Å²) in [5, 5.41) is 3.31. The first-order valence-electron chi connectivity index (χ1n) is 7.95. The van der Waals surface area contributed by atoms with Crippen molar-refractivity contribution in [1.29, 1.82) is 0 Å². The third kappa shape index (κ3) is 4.15. The van der Waals surface area contributed by atoms with E-state index >= 15 is 0 Å². The number of nitrogens with one attached hydrogen (secondary N) is 1. The number of rotatable bonds is 3. The molecule has 3 rings (SSSR count). The molecule has 7 heteroatoms. The molecule has 2 amide bonds. The molecule has 0 atom stereocenters. The molecule has 1 aliphatic heterocycles. The standard InChI is InChI=1S/C18H18ClN3O3/c1-12-2-3-14(19)11-15(12)21-17(23)16-10-13(4-5-20-16)18(24)22-6-8-25-9-7-22/h2-5,10-11H,6-9H2,1H3,(H,21,23). The minimum Gasteiger partial charge on any atom is -0.378 e. The summed E-state index contributed by atoms with van der Waals surface area (Å²) in [6.45, 7) is 4.02. The number of aromatic nitrogens is 1. The number of hydrogen-bond acceptors (Lipinski definition) is 4. The average Bonchev–Trinajstić information content (AvgIpc) is 2.65. The van der Waals surface area contributed by atoms with E-state index < -0.39 is 0 Å². The van der Waals surface area contributed by atoms with Gasteiger partial charge in [-0.1, -0.05) is 17.7 Å². The van der Waals surface area contributed by atoms with Gasteiger partial charge in [-0.2, -0.15) is 0 Å². The summed E-state index contributed by atoms with van der Waals surface area (Å²) in [5.41, 5.74) is 2.12. The second-order valence-corrected chi connectivity index (χ2v) is 6.18. The Kier molecular flexibility index (Phi) is 5.31. The molecule has 0 radical (unpaired) electrons. The summed E-state index contributed by atoms with van der Waals surface area (Å²) in [6, 6.07) is 8.37. The Balaban J connectivity index is 1.77. The Morgan fingerprint density at radius 1 is 1.20 bits per heavy atom. The zero-order chi connectivity index (χ0) is 17.8. The molecule has 0 bridgehead atoms. The maximum Gasteiger partial charge on any atom is 0.274 e. The highest BCUT2D eigenvalue weighted by atomic mass is 35.5. The summed E-state index contributed by atoms with van der Waals surface area (Å²) < 4.78 is 5.25. The number of carbonyl (C=O) groups excluding carboxylic acids is 2. The molecular formula is C18H18ClN3O3. The van der Waals surface area contributed by atoms with E-state index in [-0.39, 0.29) is 17.5 Å². The van der Waals surface area contributed by atoms with Gasteiger partial charge in [0.05, 0.1) is 13.2 Å². The molecule has 6 nitrogen and oxygen atoms in total. The molecule has 130 valence electrons. The summed E-state index contributed by atoms with van der Waals surface area (Å²) in [7, 11) is 0. The monoisotopic (exact) mass is 359 g/mol. The Morgan fingerprint density at radius 3 is 2.72 bits per heavy atom. The van der Waals surface area contributed by atoms with Crippen LogP contribution in [0.4, 0.5) is 5.69 Å². The third-order valence-corrected chi connectivity index (χ3v) is 4.22. The van der Waals surface area contributed by atoms with E-state index in [1.54, 1.807) is 23.1 Å². The fourth-order valence-electron chi connectivity index (χ4n) is 2.55. The number of ether oxygens (including phenoxy) is 1. The van der Waals surface area contributed by atoms with Gasteiger partial charge in [0.25, 0.3) is 11.8 Å². The normalized spacial score (nSPS) is 14.2. The van der Waals surface area contributed by atoms with E-state index in [0.717, 1.165) is 5.56 Å². The lowest BCUT2D eigenvalue weighted by molar-refractivity contribution is 0.0303. The molecule has 1 aromatic heterocycles. The van der Waals surface area contributed by atoms with Gasteiger partial charge in [-0.15, -0.1) is 0 Å². The number of benzene rings is 1. The van der Waals surface area contributed by atoms with Gasteiger partial charge in [0.15, 0.2) is 0 Å². The van der Waals surface area contributed by atoms with Crippen molar-refractivity contribution in [3.8, 4) is 0 Å². The molecule has 2 aromatic rings. The Hall–Kier alpha value is -2.44. The molecule has 0 spiro atoms. The Bertz CT molecular complexity index is 804. The van der Waals surface area contributed by atoms with Crippen LogP contribution in [0.5, 0.6) is 0 Å². The van der Waals surface area contributed by atoms with E-state index in [1.807, 2.05) is 13.0 Å². The summed E-state index contributed by atoms with van der Waals surface area (Å²) in [5.74, 6) is -0.513. The molecule has 0 aliphatic carbocycles. The summed E-state index contributed by atoms with van der Waals surface area (Å²) in [4.78, 5) is 30.8. The van der Waals surface area contributed by atoms with Gasteiger partial charge in [-0.05, 0) is 36.8 Å². The predicted molar refractivity (Wildman–Crippen MR) is 95.1 cm³/mol. The van der Waals surface area contributed by atoms with Gasteiger partial charge in [-0.25, -0.2) is 0 Å². The van der Waals surface area contributed by atoms with Gasteiger partial charge in [0, 0.05) is 35.6 Å². The maximum atomic E-state index is 12.5. The van der Waals surface area contributed by atoms with E-state index in [1.165, 1.54) is 12.3 Å². The highest BCUT2D eigenvalue weighted by molar-refractivity contribution is 6.31. The first-order valence-corrected chi connectivity index (χ1v) is 8.33. The van der Waals surface area contributed by atoms with E-state index in [2.05, 4.69) is 10.3 Å². The van der Waals surface area contributed by atoms with Crippen molar-refractivity contribution in [1.82, 2.24) is 9.88 Å². The third-order valence-electron chi connectivity index (χ3n) is 3.99. The van der Waals surface area contributed by atoms with Crippen LogP contribution in [-0.2, 0) is 4.74 Å². The lowest BCUT2D eigenvalue weighted by Crippen LogP contribution is -2.40. The van der Waals surface area contributed by atoms with Gasteiger partial charge in [-0.3, -0.25) is 14.6 Å². The van der Waals surface area contributed by atoms with Crippen LogP contribution in [0.15, 0.2) is 36.5 Å². The minimum atomic E-state index is -0.387. The Morgan fingerprint density at radius 2 is 1.96 bits per heavy atom. The van der Waals surface area contributed by atoms with Crippen molar-refractivity contribution in [3.05, 3.63) is 58.4 Å². The molecular weight excluding hydrogens is 342 g/mol. The van der Waals surface area contributed by atoms with Crippen LogP contribution in [0.25, 0.3) is 0 Å². The zero-order valence-electron chi connectivity index (χ0n) is 13.8. The van der Waals surface area contributed by atoms with Crippen LogP contribution in [-0.4, -0.2) is 48.0 Å². The number of pyridine rings is 1. The van der Waals surface area contributed by atoms with Crippen molar-refractivity contribution in [2.75, 3.05) is 31.6 Å². The first-order chi connectivity index (χ1) is 12.0. The van der Waals surface area contributed by atoms with E-state index in [4.69, 9.17) is 16.3 Å². The van der Waals surface area contributed by atoms with Gasteiger partial charge in [0.1, 0.15) is 5.69 Å². The predicted octanol–water partition coefficient (Wildman–Crippen LogP) is 2.77. The van der Waals surface area contributed by atoms with Crippen LogP contribution >= 0.6 is 11.6 Å². The molecule has 1 aliphatic rings. The second kappa shape index (κ2) is 7.63. The van der Waals surface area contributed by atoms with Gasteiger partial charge in [0.2, 0.25) is 0 Å². The second-order valence-electron chi connectivity index (χ2n) is 5.75. The number of aryl methyl sites for hydroxylation is 1. The largest absolute Gasteiger partial charge is 0.378 e. The molecule has 0 saturated carbocycles. The van der Waals surface area contributed by atoms with E-state index in [9.17, 15) is 9.59 Å². The average molecular weight is 360 g/mol. The molecule has 1 N–H and O–H groups in total. The smallest absolute Gasteiger partial charge is 0.274 e. The molecule has 1 saturated heterocycles. The number of hydrogen-bond donors (Lipinski definition) is 1. The lowest BCUT2D eigenvalue weighted by atomic mass is 10.1. The minimum absolute atomic E-state index is 0.126. The van der Waals surface area contributed by atoms with E-state index in [0.29, 0.717) is 42.6 Å². The Labute approximate surface area is 150 Å². The summed E-state index contributed by atoms with van der Waals surface area (Å²) >= 11 is 5.97. The first kappa shape index (κ1) is 17.4. The van der Waals surface area contributed by atoms with Crippen LogP contribution in [0, 0.1) is 6.92 Å². The van der Waals surface area contributed by atoms with Crippen molar-refractivity contribution in [2.24, 2.45) is 0 Å². The number of nitrogens with zero attached hydrogens (tertiary/aromatic N) is 2. The highest BCUT2D eigenvalue weighted by Gasteiger charge is 2.20. The van der Waals surface area contributed by atoms with Gasteiger partial charge < -0.3 is 15.0 Å². The number of halogens is 1. The highest BCUT2D eigenvalue weighted by Crippen LogP contribution is 2.21. The maximum absolute atomic E-state index is 12.5. The zero-order valence-corrected chi connectivity index (χ0v) is 14.5. The molecule has 1 aromatic carbocycles. The fourth-order valence-corrected chi connectivity index (χ4v) is 2.72. The van der Waals surface area contributed by atoms with Crippen molar-refractivity contribution < 1.29 is 14.3 Å². The topological polar surface area (TPSA) is 71.5 Å². The van der Waals surface area contributed by atoms with Crippen LogP contribution in [0.2, 0.25) is 5.02 Å². The number of anilines is 1. The molecule has 25 heavy (non-hydrogen) atoms. The number of amides is 2. The van der Waals surface area contributed by atoms with Crippen LogP contribution in [0.3, 0.4) is 0 Å². The molecule has 2 heterocycles. The van der Waals surface area contributed by atoms with Crippen molar-refractivity contribution in [2.45, 2.75) is 6.92 Å². The molecule has 1 fully saturated rings. The van der Waals surface area contributed by atoms with Crippen molar-refractivity contribution in [3.63, 3.8) is 0 Å². The fraction of sp³-hybridized carbons (Fsp3) is 0.278. The quantitative estimate of drug-likeness (QED) is 0.914. The number of morpholine rings is 1. The van der Waals surface area contributed by atoms with Crippen LogP contribution in [0.1, 0.15) is 26.4 Å². The lowest BCUT2D eigenvalue weighted by Gasteiger charge is -2.26. The number of carbonyl (C=O) groups is 2. The SMILES string of the molecule is Cc1ccc(Cl)cc1NC(=O)c1cc(C(=O)N2CCOCC2)ccn1. The summed E-state index contributed by atoms with van der Waals surface area (Å²) in [6.07, 6.45) is 1.47.